The van der Waals surface area contributed by atoms with Crippen molar-refractivity contribution in [3.05, 3.63) is 28.8 Å². The first-order valence-electron chi connectivity index (χ1n) is 6.17. The Bertz CT molecular complexity index is 362. The maximum Gasteiger partial charge on any atom is 0.0399 e. The molecule has 1 nitrogen and oxygen atoms in total. The molecule has 0 bridgehead atoms. The smallest absolute Gasteiger partial charge is 0.0399 e. The maximum atomic E-state index is 2.28. The Morgan fingerprint density at radius 3 is 1.88 bits per heavy atom. The van der Waals surface area contributed by atoms with E-state index in [-0.39, 0.29) is 0 Å². The predicted octanol–water partition coefficient (Wildman–Crippen LogP) is 4.31. The van der Waals surface area contributed by atoms with Gasteiger partial charge in [-0.1, -0.05) is 33.8 Å². The molecule has 0 radical (unpaired) electrons. The van der Waals surface area contributed by atoms with Crippen molar-refractivity contribution in [2.24, 2.45) is 0 Å². The molecule has 0 aromatic heterocycles. The third kappa shape index (κ3) is 2.40. The molecule has 0 unspecified atom stereocenters. The lowest BCUT2D eigenvalue weighted by molar-refractivity contribution is 0.813. The third-order valence-corrected chi connectivity index (χ3v) is 3.21. The Morgan fingerprint density at radius 2 is 1.50 bits per heavy atom. The van der Waals surface area contributed by atoms with E-state index in [1.807, 2.05) is 0 Å². The van der Waals surface area contributed by atoms with E-state index >= 15 is 0 Å². The summed E-state index contributed by atoms with van der Waals surface area (Å²) in [7, 11) is 4.24. The molecule has 0 aliphatic carbocycles. The molecule has 1 rings (SSSR count). The highest BCUT2D eigenvalue weighted by molar-refractivity contribution is 5.59. The summed E-state index contributed by atoms with van der Waals surface area (Å²) in [5.41, 5.74) is 5.80. The van der Waals surface area contributed by atoms with Crippen LogP contribution in [0.25, 0.3) is 0 Å². The Kier molecular flexibility index (Phi) is 4.01. The predicted molar refractivity (Wildman–Crippen MR) is 73.7 cm³/mol. The van der Waals surface area contributed by atoms with Crippen LogP contribution in [-0.2, 0) is 0 Å². The van der Waals surface area contributed by atoms with Crippen LogP contribution in [0.2, 0.25) is 0 Å². The zero-order valence-corrected chi connectivity index (χ0v) is 11.8. The summed E-state index contributed by atoms with van der Waals surface area (Å²) in [4.78, 5) is 2.21. The molecule has 0 fully saturated rings. The Balaban J connectivity index is 3.42. The van der Waals surface area contributed by atoms with Gasteiger partial charge in [0.2, 0.25) is 0 Å². The normalized spacial score (nSPS) is 11.3. The summed E-state index contributed by atoms with van der Waals surface area (Å²) < 4.78 is 0. The highest BCUT2D eigenvalue weighted by atomic mass is 15.1. The number of rotatable bonds is 3. The second-order valence-electron chi connectivity index (χ2n) is 5.42. The fraction of sp³-hybridized carbons (Fsp3) is 0.600. The molecule has 0 aliphatic rings. The van der Waals surface area contributed by atoms with Gasteiger partial charge in [-0.05, 0) is 41.5 Å². The van der Waals surface area contributed by atoms with Crippen molar-refractivity contribution in [1.82, 2.24) is 0 Å². The highest BCUT2D eigenvalue weighted by Gasteiger charge is 2.15. The quantitative estimate of drug-likeness (QED) is 0.732. The molecular weight excluding hydrogens is 194 g/mol. The van der Waals surface area contributed by atoms with Crippen molar-refractivity contribution < 1.29 is 0 Å². The highest BCUT2D eigenvalue weighted by Crippen LogP contribution is 2.34. The van der Waals surface area contributed by atoms with Gasteiger partial charge in [-0.3, -0.25) is 0 Å². The van der Waals surface area contributed by atoms with Gasteiger partial charge in [0.25, 0.3) is 0 Å². The van der Waals surface area contributed by atoms with Gasteiger partial charge in [0.05, 0.1) is 0 Å². The van der Waals surface area contributed by atoms with Crippen LogP contribution in [0.1, 0.15) is 56.2 Å². The van der Waals surface area contributed by atoms with Gasteiger partial charge < -0.3 is 4.90 Å². The van der Waals surface area contributed by atoms with Crippen LogP contribution in [0.15, 0.2) is 12.1 Å². The standard InChI is InChI=1S/C15H25N/c1-10(2)13-8-9-14(16(6)7)15(11(3)4)12(13)5/h8-11H,1-7H3. The second kappa shape index (κ2) is 4.90. The van der Waals surface area contributed by atoms with E-state index in [4.69, 9.17) is 0 Å². The second-order valence-corrected chi connectivity index (χ2v) is 5.42. The van der Waals surface area contributed by atoms with Crippen molar-refractivity contribution in [3.63, 3.8) is 0 Å². The molecule has 0 saturated heterocycles. The molecule has 16 heavy (non-hydrogen) atoms. The van der Waals surface area contributed by atoms with E-state index in [1.165, 1.54) is 22.4 Å². The first kappa shape index (κ1) is 13.1. The Labute approximate surface area is 100 Å². The van der Waals surface area contributed by atoms with Crippen molar-refractivity contribution in [2.75, 3.05) is 19.0 Å². The minimum Gasteiger partial charge on any atom is -0.377 e. The first-order chi connectivity index (χ1) is 7.36. The van der Waals surface area contributed by atoms with E-state index in [2.05, 4.69) is 65.7 Å². The van der Waals surface area contributed by atoms with E-state index in [0.717, 1.165) is 0 Å². The minimum atomic E-state index is 0.580. The number of hydrogen-bond acceptors (Lipinski definition) is 1. The summed E-state index contributed by atoms with van der Waals surface area (Å²) in [5, 5.41) is 0. The van der Waals surface area contributed by atoms with Gasteiger partial charge in [0.15, 0.2) is 0 Å². The monoisotopic (exact) mass is 219 g/mol. The SMILES string of the molecule is Cc1c(C(C)C)ccc(N(C)C)c1C(C)C. The summed E-state index contributed by atoms with van der Waals surface area (Å²) >= 11 is 0. The van der Waals surface area contributed by atoms with Crippen LogP contribution in [0.5, 0.6) is 0 Å². The van der Waals surface area contributed by atoms with Crippen LogP contribution in [0, 0.1) is 6.92 Å². The molecule has 1 aromatic carbocycles. The topological polar surface area (TPSA) is 3.24 Å². The molecular formula is C15H25N. The molecule has 90 valence electrons. The van der Waals surface area contributed by atoms with Gasteiger partial charge in [0.1, 0.15) is 0 Å². The van der Waals surface area contributed by atoms with Crippen molar-refractivity contribution in [1.29, 1.82) is 0 Å². The minimum absolute atomic E-state index is 0.580. The zero-order chi connectivity index (χ0) is 12.5. The number of hydrogen-bond donors (Lipinski definition) is 0. The van der Waals surface area contributed by atoms with Crippen molar-refractivity contribution >= 4 is 5.69 Å². The molecule has 0 heterocycles. The maximum absolute atomic E-state index is 2.28. The van der Waals surface area contributed by atoms with Crippen LogP contribution < -0.4 is 4.90 Å². The number of nitrogens with zero attached hydrogens (tertiary/aromatic N) is 1. The van der Waals surface area contributed by atoms with Gasteiger partial charge in [-0.2, -0.15) is 0 Å². The summed E-state index contributed by atoms with van der Waals surface area (Å²) in [6, 6.07) is 4.54. The van der Waals surface area contributed by atoms with Gasteiger partial charge in [0, 0.05) is 19.8 Å². The number of benzene rings is 1. The van der Waals surface area contributed by atoms with Gasteiger partial charge >= 0.3 is 0 Å². The third-order valence-electron chi connectivity index (χ3n) is 3.21. The molecule has 0 saturated carbocycles. The molecule has 0 N–H and O–H groups in total. The molecule has 1 aromatic rings. The molecule has 0 amide bonds. The molecule has 0 spiro atoms. The molecule has 1 heteroatoms. The van der Waals surface area contributed by atoms with Crippen LogP contribution in [0.4, 0.5) is 5.69 Å². The summed E-state index contributed by atoms with van der Waals surface area (Å²) in [6.45, 7) is 11.3. The average molecular weight is 219 g/mol. The van der Waals surface area contributed by atoms with E-state index in [9.17, 15) is 0 Å². The van der Waals surface area contributed by atoms with Gasteiger partial charge in [-0.15, -0.1) is 0 Å². The Hall–Kier alpha value is -0.980. The van der Waals surface area contributed by atoms with Gasteiger partial charge in [-0.25, -0.2) is 0 Å². The largest absolute Gasteiger partial charge is 0.377 e. The molecule has 0 aliphatic heterocycles. The zero-order valence-electron chi connectivity index (χ0n) is 11.8. The lowest BCUT2D eigenvalue weighted by atomic mass is 9.88. The van der Waals surface area contributed by atoms with Crippen molar-refractivity contribution in [2.45, 2.75) is 46.5 Å². The summed E-state index contributed by atoms with van der Waals surface area (Å²) in [6.07, 6.45) is 0. The lowest BCUT2D eigenvalue weighted by Gasteiger charge is -2.25. The van der Waals surface area contributed by atoms with E-state index < -0.39 is 0 Å². The van der Waals surface area contributed by atoms with Crippen LogP contribution >= 0.6 is 0 Å². The average Bonchev–Trinajstić information content (AvgIpc) is 2.15. The van der Waals surface area contributed by atoms with Crippen molar-refractivity contribution in [3.8, 4) is 0 Å². The van der Waals surface area contributed by atoms with E-state index in [0.29, 0.717) is 11.8 Å². The van der Waals surface area contributed by atoms with E-state index in [1.54, 1.807) is 0 Å². The lowest BCUT2D eigenvalue weighted by Crippen LogP contribution is -2.14. The van der Waals surface area contributed by atoms with Crippen LogP contribution in [-0.4, -0.2) is 14.1 Å². The molecule has 0 atom stereocenters. The fourth-order valence-electron chi connectivity index (χ4n) is 2.48. The summed E-state index contributed by atoms with van der Waals surface area (Å²) in [5.74, 6) is 1.19. The Morgan fingerprint density at radius 1 is 0.938 bits per heavy atom. The van der Waals surface area contributed by atoms with Crippen LogP contribution in [0.3, 0.4) is 0 Å². The fourth-order valence-corrected chi connectivity index (χ4v) is 2.48. The number of anilines is 1. The first-order valence-corrected chi connectivity index (χ1v) is 6.17.